The SMILES string of the molecule is CNc1cc(C(C)(C)C)nc(CCc2ccccc2)n1. The van der Waals surface area contributed by atoms with Crippen molar-refractivity contribution >= 4 is 5.82 Å². The molecule has 0 fully saturated rings. The maximum absolute atomic E-state index is 4.72. The first-order chi connectivity index (χ1) is 9.49. The van der Waals surface area contributed by atoms with Crippen molar-refractivity contribution in [3.8, 4) is 0 Å². The number of benzene rings is 1. The molecule has 2 aromatic rings. The lowest BCUT2D eigenvalue weighted by molar-refractivity contribution is 0.562. The summed E-state index contributed by atoms with van der Waals surface area (Å²) in [5, 5.41) is 3.13. The average molecular weight is 269 g/mol. The Morgan fingerprint density at radius 1 is 1.00 bits per heavy atom. The van der Waals surface area contributed by atoms with Gasteiger partial charge in [-0.15, -0.1) is 0 Å². The van der Waals surface area contributed by atoms with Gasteiger partial charge in [0.1, 0.15) is 11.6 Å². The molecular formula is C17H23N3. The van der Waals surface area contributed by atoms with Crippen molar-refractivity contribution in [2.75, 3.05) is 12.4 Å². The van der Waals surface area contributed by atoms with Crippen molar-refractivity contribution in [3.63, 3.8) is 0 Å². The van der Waals surface area contributed by atoms with Crippen LogP contribution in [0.5, 0.6) is 0 Å². The second-order valence-electron chi connectivity index (χ2n) is 6.04. The number of aryl methyl sites for hydroxylation is 2. The minimum atomic E-state index is 0.0377. The maximum atomic E-state index is 4.72. The van der Waals surface area contributed by atoms with Crippen LogP contribution < -0.4 is 5.32 Å². The van der Waals surface area contributed by atoms with Gasteiger partial charge in [0.15, 0.2) is 0 Å². The first-order valence-corrected chi connectivity index (χ1v) is 7.09. The lowest BCUT2D eigenvalue weighted by Gasteiger charge is -2.19. The van der Waals surface area contributed by atoms with Gasteiger partial charge in [0.25, 0.3) is 0 Å². The van der Waals surface area contributed by atoms with Crippen LogP contribution in [-0.2, 0) is 18.3 Å². The summed E-state index contributed by atoms with van der Waals surface area (Å²) in [7, 11) is 1.90. The van der Waals surface area contributed by atoms with Crippen LogP contribution in [-0.4, -0.2) is 17.0 Å². The van der Waals surface area contributed by atoms with E-state index in [1.165, 1.54) is 5.56 Å². The normalized spacial score (nSPS) is 11.4. The van der Waals surface area contributed by atoms with Crippen molar-refractivity contribution in [1.82, 2.24) is 9.97 Å². The van der Waals surface area contributed by atoms with Gasteiger partial charge in [-0.25, -0.2) is 9.97 Å². The first-order valence-electron chi connectivity index (χ1n) is 7.09. The van der Waals surface area contributed by atoms with Gasteiger partial charge < -0.3 is 5.32 Å². The molecule has 0 saturated carbocycles. The molecule has 0 saturated heterocycles. The molecule has 1 aromatic heterocycles. The monoisotopic (exact) mass is 269 g/mol. The van der Waals surface area contributed by atoms with Crippen molar-refractivity contribution in [2.45, 2.75) is 39.0 Å². The lowest BCUT2D eigenvalue weighted by Crippen LogP contribution is -2.16. The van der Waals surface area contributed by atoms with Crippen LogP contribution in [0.4, 0.5) is 5.82 Å². The Morgan fingerprint density at radius 2 is 1.70 bits per heavy atom. The minimum Gasteiger partial charge on any atom is -0.373 e. The molecule has 0 spiro atoms. The van der Waals surface area contributed by atoms with Crippen molar-refractivity contribution < 1.29 is 0 Å². The standard InChI is InChI=1S/C17H23N3/c1-17(2,3)14-12-16(18-4)20-15(19-14)11-10-13-8-6-5-7-9-13/h5-9,12H,10-11H2,1-4H3,(H,18,19,20). The summed E-state index contributed by atoms with van der Waals surface area (Å²) in [6.07, 6.45) is 1.83. The number of hydrogen-bond donors (Lipinski definition) is 1. The van der Waals surface area contributed by atoms with E-state index < -0.39 is 0 Å². The Labute approximate surface area is 121 Å². The molecule has 0 aliphatic heterocycles. The van der Waals surface area contributed by atoms with E-state index in [9.17, 15) is 0 Å². The number of nitrogens with one attached hydrogen (secondary N) is 1. The quantitative estimate of drug-likeness (QED) is 0.921. The largest absolute Gasteiger partial charge is 0.373 e. The molecule has 3 heteroatoms. The van der Waals surface area contributed by atoms with E-state index >= 15 is 0 Å². The van der Waals surface area contributed by atoms with Crippen LogP contribution in [0.2, 0.25) is 0 Å². The van der Waals surface area contributed by atoms with Gasteiger partial charge in [0.05, 0.1) is 5.69 Å². The second-order valence-corrected chi connectivity index (χ2v) is 6.04. The zero-order chi connectivity index (χ0) is 14.6. The van der Waals surface area contributed by atoms with E-state index in [1.54, 1.807) is 0 Å². The van der Waals surface area contributed by atoms with Crippen LogP contribution in [0.15, 0.2) is 36.4 Å². The molecule has 0 aliphatic carbocycles. The van der Waals surface area contributed by atoms with Gasteiger partial charge in [-0.05, 0) is 12.0 Å². The molecule has 0 aliphatic rings. The predicted octanol–water partition coefficient (Wildman–Crippen LogP) is 3.60. The summed E-state index contributed by atoms with van der Waals surface area (Å²) >= 11 is 0. The maximum Gasteiger partial charge on any atom is 0.131 e. The van der Waals surface area contributed by atoms with Crippen molar-refractivity contribution in [1.29, 1.82) is 0 Å². The fraction of sp³-hybridized carbons (Fsp3) is 0.412. The summed E-state index contributed by atoms with van der Waals surface area (Å²) in [6.45, 7) is 6.53. The summed E-state index contributed by atoms with van der Waals surface area (Å²) in [4.78, 5) is 9.27. The third-order valence-corrected chi connectivity index (χ3v) is 3.28. The topological polar surface area (TPSA) is 37.8 Å². The third kappa shape index (κ3) is 3.80. The van der Waals surface area contributed by atoms with Crippen molar-refractivity contribution in [3.05, 3.63) is 53.5 Å². The zero-order valence-electron chi connectivity index (χ0n) is 12.8. The van der Waals surface area contributed by atoms with Crippen LogP contribution >= 0.6 is 0 Å². The highest BCUT2D eigenvalue weighted by Gasteiger charge is 2.17. The molecular weight excluding hydrogens is 246 g/mol. The number of nitrogens with zero attached hydrogens (tertiary/aromatic N) is 2. The van der Waals surface area contributed by atoms with Crippen LogP contribution in [0.1, 0.15) is 37.9 Å². The highest BCUT2D eigenvalue weighted by atomic mass is 15.0. The minimum absolute atomic E-state index is 0.0377. The predicted molar refractivity (Wildman–Crippen MR) is 84.1 cm³/mol. The number of anilines is 1. The molecule has 0 radical (unpaired) electrons. The molecule has 0 atom stereocenters. The van der Waals surface area contributed by atoms with Gasteiger partial charge in [-0.3, -0.25) is 0 Å². The summed E-state index contributed by atoms with van der Waals surface area (Å²) in [6, 6.07) is 12.5. The Bertz CT molecular complexity index is 556. The van der Waals surface area contributed by atoms with Gasteiger partial charge >= 0.3 is 0 Å². The van der Waals surface area contributed by atoms with E-state index in [4.69, 9.17) is 4.98 Å². The average Bonchev–Trinajstić information content (AvgIpc) is 2.45. The van der Waals surface area contributed by atoms with Crippen LogP contribution in [0.25, 0.3) is 0 Å². The summed E-state index contributed by atoms with van der Waals surface area (Å²) in [5.74, 6) is 1.80. The molecule has 2 rings (SSSR count). The van der Waals surface area contributed by atoms with E-state index in [-0.39, 0.29) is 5.41 Å². The Balaban J connectivity index is 2.19. The van der Waals surface area contributed by atoms with Gasteiger partial charge in [-0.1, -0.05) is 51.1 Å². The molecule has 1 aromatic carbocycles. The molecule has 20 heavy (non-hydrogen) atoms. The van der Waals surface area contributed by atoms with Crippen LogP contribution in [0, 0.1) is 0 Å². The number of rotatable bonds is 4. The van der Waals surface area contributed by atoms with E-state index in [2.05, 4.69) is 55.3 Å². The van der Waals surface area contributed by atoms with E-state index in [0.717, 1.165) is 30.2 Å². The summed E-state index contributed by atoms with van der Waals surface area (Å²) in [5.41, 5.74) is 2.44. The Kier molecular flexibility index (Phi) is 4.38. The molecule has 0 amide bonds. The molecule has 3 nitrogen and oxygen atoms in total. The third-order valence-electron chi connectivity index (χ3n) is 3.28. The van der Waals surface area contributed by atoms with Gasteiger partial charge in [0.2, 0.25) is 0 Å². The van der Waals surface area contributed by atoms with Gasteiger partial charge in [0, 0.05) is 24.9 Å². The fourth-order valence-electron chi connectivity index (χ4n) is 2.02. The zero-order valence-corrected chi connectivity index (χ0v) is 12.8. The van der Waals surface area contributed by atoms with Crippen molar-refractivity contribution in [2.24, 2.45) is 0 Å². The van der Waals surface area contributed by atoms with E-state index in [1.807, 2.05) is 19.2 Å². The molecule has 1 N–H and O–H groups in total. The smallest absolute Gasteiger partial charge is 0.131 e. The number of aromatic nitrogens is 2. The Morgan fingerprint density at radius 3 is 2.30 bits per heavy atom. The Hall–Kier alpha value is -1.90. The lowest BCUT2D eigenvalue weighted by atomic mass is 9.92. The molecule has 0 bridgehead atoms. The highest BCUT2D eigenvalue weighted by molar-refractivity contribution is 5.37. The van der Waals surface area contributed by atoms with Gasteiger partial charge in [-0.2, -0.15) is 0 Å². The molecule has 106 valence electrons. The second kappa shape index (κ2) is 6.04. The van der Waals surface area contributed by atoms with Crippen LogP contribution in [0.3, 0.4) is 0 Å². The first kappa shape index (κ1) is 14.5. The van der Waals surface area contributed by atoms with E-state index in [0.29, 0.717) is 0 Å². The summed E-state index contributed by atoms with van der Waals surface area (Å²) < 4.78 is 0. The highest BCUT2D eigenvalue weighted by Crippen LogP contribution is 2.22. The molecule has 0 unspecified atom stereocenters. The number of hydrogen-bond acceptors (Lipinski definition) is 3. The fourth-order valence-corrected chi connectivity index (χ4v) is 2.02. The molecule has 1 heterocycles.